The Labute approximate surface area is 554 Å². The summed E-state index contributed by atoms with van der Waals surface area (Å²) in [6.45, 7) is 67.3. The Morgan fingerprint density at radius 2 is 0.691 bits per heavy atom. The van der Waals surface area contributed by atoms with Crippen LogP contribution in [0.1, 0.15) is 38.9 Å². The van der Waals surface area contributed by atoms with E-state index in [-0.39, 0.29) is 73.2 Å². The van der Waals surface area contributed by atoms with Crippen molar-refractivity contribution in [2.75, 3.05) is 0 Å². The van der Waals surface area contributed by atoms with Crippen molar-refractivity contribution in [1.29, 1.82) is 31.6 Å². The van der Waals surface area contributed by atoms with Crippen LogP contribution in [-0.4, -0.2) is 9.13 Å². The molecule has 0 radical (unpaired) electrons. The van der Waals surface area contributed by atoms with Crippen LogP contribution in [-0.2, 0) is 0 Å². The van der Waals surface area contributed by atoms with Gasteiger partial charge in [0.05, 0.1) is 128 Å². The fourth-order valence-electron chi connectivity index (χ4n) is 13.0. The second-order valence-corrected chi connectivity index (χ2v) is 22.2. The average molecular weight is 1230 g/mol. The van der Waals surface area contributed by atoms with Crippen LogP contribution < -0.4 is 0 Å². The summed E-state index contributed by atoms with van der Waals surface area (Å²) in [7, 11) is 0. The number of hydrogen-bond acceptors (Lipinski definition) is 6. The van der Waals surface area contributed by atoms with Gasteiger partial charge in [-0.3, -0.25) is 0 Å². The molecule has 2 aromatic heterocycles. The third kappa shape index (κ3) is 9.75. The molecular weight excluding hydrogens is 1200 g/mol. The van der Waals surface area contributed by atoms with Gasteiger partial charge in [0.15, 0.2) is 45.5 Å². The van der Waals surface area contributed by atoms with Crippen molar-refractivity contribution < 1.29 is 0 Å². The molecule has 0 atom stereocenters. The summed E-state index contributed by atoms with van der Waals surface area (Å²) in [5, 5.41) is 63.8. The number of aromatic nitrogens is 2. The van der Waals surface area contributed by atoms with Crippen LogP contribution in [0.15, 0.2) is 176 Å². The van der Waals surface area contributed by atoms with Crippen LogP contribution in [0.5, 0.6) is 0 Å². The van der Waals surface area contributed by atoms with E-state index in [1.54, 1.807) is 42.5 Å². The van der Waals surface area contributed by atoms with Gasteiger partial charge in [0.2, 0.25) is 0 Å². The largest absolute Gasteiger partial charge is 0.309 e. The van der Waals surface area contributed by atoms with Crippen molar-refractivity contribution in [3.05, 3.63) is 306 Å². The predicted molar refractivity (Wildman–Crippen MR) is 371 cm³/mol. The van der Waals surface area contributed by atoms with Crippen molar-refractivity contribution in [2.45, 2.75) is 6.92 Å². The molecular formula is C81H32N16. The second-order valence-electron chi connectivity index (χ2n) is 22.2. The van der Waals surface area contributed by atoms with Gasteiger partial charge < -0.3 is 9.13 Å². The van der Waals surface area contributed by atoms with E-state index in [2.05, 4.69) is 69.1 Å². The molecule has 0 saturated heterocycles. The van der Waals surface area contributed by atoms with Crippen molar-refractivity contribution in [3.8, 4) is 115 Å². The molecule has 0 amide bonds. The molecule has 0 saturated carbocycles. The van der Waals surface area contributed by atoms with Crippen molar-refractivity contribution in [2.24, 2.45) is 0 Å². The van der Waals surface area contributed by atoms with Gasteiger partial charge in [0, 0.05) is 66.2 Å². The average Bonchev–Trinajstić information content (AvgIpc) is 1.66. The molecule has 0 aliphatic rings. The van der Waals surface area contributed by atoms with Gasteiger partial charge in [-0.05, 0) is 172 Å². The van der Waals surface area contributed by atoms with Gasteiger partial charge in [-0.15, -0.1) is 0 Å². The molecule has 11 aromatic carbocycles. The van der Waals surface area contributed by atoms with E-state index in [1.807, 2.05) is 107 Å². The summed E-state index contributed by atoms with van der Waals surface area (Å²) in [5.41, 5.74) is 12.3. The number of rotatable bonds is 8. The van der Waals surface area contributed by atoms with Gasteiger partial charge in [-0.25, -0.2) is 38.8 Å². The number of hydrogen-bond donors (Lipinski definition) is 0. The minimum Gasteiger partial charge on any atom is -0.309 e. The fourth-order valence-corrected chi connectivity index (χ4v) is 13.0. The lowest BCUT2D eigenvalue weighted by atomic mass is 9.93. The molecule has 0 fully saturated rings. The lowest BCUT2D eigenvalue weighted by molar-refractivity contribution is 1.17. The van der Waals surface area contributed by atoms with Crippen molar-refractivity contribution >= 4 is 89.1 Å². The van der Waals surface area contributed by atoms with Crippen molar-refractivity contribution in [1.82, 2.24) is 9.13 Å². The first kappa shape index (κ1) is 59.8. The molecule has 0 bridgehead atoms. The maximum absolute atomic E-state index is 10.6. The summed E-state index contributed by atoms with van der Waals surface area (Å²) < 4.78 is 4.04. The van der Waals surface area contributed by atoms with Crippen LogP contribution in [0, 0.1) is 127 Å². The molecule has 436 valence electrons. The normalized spacial score (nSPS) is 10.4. The van der Waals surface area contributed by atoms with Crippen LogP contribution in [0.25, 0.3) is 161 Å². The summed E-state index contributed by atoms with van der Waals surface area (Å²) in [4.78, 5) is 30.2. The molecule has 0 aliphatic carbocycles. The molecule has 0 aliphatic heterocycles. The molecule has 13 rings (SSSR count). The van der Waals surface area contributed by atoms with E-state index < -0.39 is 0 Å². The zero-order chi connectivity index (χ0) is 67.9. The minimum absolute atomic E-state index is 0.0800. The third-order valence-electron chi connectivity index (χ3n) is 17.1. The summed E-state index contributed by atoms with van der Waals surface area (Å²) in [5.74, 6) is 0. The molecule has 97 heavy (non-hydrogen) atoms. The first-order valence-electron chi connectivity index (χ1n) is 29.0. The molecule has 0 unspecified atom stereocenters. The third-order valence-corrected chi connectivity index (χ3v) is 17.1. The molecule has 13 aromatic rings. The number of aryl methyl sites for hydroxylation is 1. The zero-order valence-corrected chi connectivity index (χ0v) is 50.4. The van der Waals surface area contributed by atoms with E-state index in [4.69, 9.17) is 52.6 Å². The summed E-state index contributed by atoms with van der Waals surface area (Å²) in [6.07, 6.45) is 0. The predicted octanol–water partition coefficient (Wildman–Crippen LogP) is 21.8. The zero-order valence-electron chi connectivity index (χ0n) is 50.4. The Bertz CT molecular complexity index is 6020. The minimum atomic E-state index is 0.0800. The Morgan fingerprint density at radius 1 is 0.289 bits per heavy atom. The van der Waals surface area contributed by atoms with Crippen LogP contribution in [0.4, 0.5) is 45.5 Å². The SMILES string of the molecule is [C-]#[N+]c1ccc(-c2ccc(-n3c4ccc(-c5c(C#N)cc(C#N)cc5[N+]#[C-])cc4c4cc(-c5c(C#N)cc([N+]#[C-])cc5[N+]#[C-])ccc43)c(-c3cc(-n4c5ccc(-c6c(C#N)cc(C#N)cc6[N+]#[C-])cc5c5cc(-c6c([N+]#[C-])cc(C#N)cc6[N+]#[C-])ccc54)ccc3[N+]#[C-])c2)c(C)c1. The molecule has 16 nitrogen and oxygen atoms in total. The Morgan fingerprint density at radius 3 is 1.11 bits per heavy atom. The Balaban J connectivity index is 1.12. The maximum Gasteiger partial charge on any atom is 0.197 e. The van der Waals surface area contributed by atoms with E-state index in [0.717, 1.165) is 16.7 Å². The summed E-state index contributed by atoms with van der Waals surface area (Å²) >= 11 is 0. The lowest BCUT2D eigenvalue weighted by Gasteiger charge is -2.19. The van der Waals surface area contributed by atoms with Gasteiger partial charge in [-0.1, -0.05) is 66.2 Å². The fraction of sp³-hybridized carbons (Fsp3) is 0.0123. The molecule has 16 heteroatoms. The number of nitriles is 6. The number of nitrogens with zero attached hydrogens (tertiary/aromatic N) is 16. The smallest absolute Gasteiger partial charge is 0.197 e. The van der Waals surface area contributed by atoms with Gasteiger partial charge in [-0.2, -0.15) is 31.6 Å². The molecule has 0 N–H and O–H groups in total. The lowest BCUT2D eigenvalue weighted by Crippen LogP contribution is -2.00. The monoisotopic (exact) mass is 1230 g/mol. The van der Waals surface area contributed by atoms with E-state index in [0.29, 0.717) is 116 Å². The van der Waals surface area contributed by atoms with Crippen LogP contribution in [0.3, 0.4) is 0 Å². The van der Waals surface area contributed by atoms with E-state index in [1.165, 1.54) is 48.5 Å². The standard InChI is InChI=1S/C81H32N16/c1-45-24-57(88-2)15-17-60(45)49-10-19-75(97-76-22-12-51(79-55(43-86)26-47(40-83)28-69(79)92-6)34-65(76)66-35-52(13-23-77(66)97)80-56(44-87)31-58(89-3)37-72(80)95-9)62(32-49)61-38-59(16-18-67(61)90-4)96-73-20-11-50(78-54(42-85)25-46(39-82)27-68(78)91-5)33-63(73)64-36-53(14-21-74(64)96)81-70(93-7)29-48(41-84)30-71(81)94-8/h10-38H,1H3. The molecule has 2 heterocycles. The van der Waals surface area contributed by atoms with Crippen LogP contribution >= 0.6 is 0 Å². The van der Waals surface area contributed by atoms with E-state index in [9.17, 15) is 31.6 Å². The first-order valence-corrected chi connectivity index (χ1v) is 29.0. The molecule has 0 spiro atoms. The van der Waals surface area contributed by atoms with Crippen molar-refractivity contribution in [3.63, 3.8) is 0 Å². The highest BCUT2D eigenvalue weighted by Gasteiger charge is 2.26. The van der Waals surface area contributed by atoms with Gasteiger partial charge in [0.1, 0.15) is 0 Å². The second kappa shape index (κ2) is 24.0. The topological polar surface area (TPSA) is 187 Å². The highest BCUT2D eigenvalue weighted by Crippen LogP contribution is 2.49. The summed E-state index contributed by atoms with van der Waals surface area (Å²) in [6, 6.07) is 63.1. The van der Waals surface area contributed by atoms with Gasteiger partial charge in [0.25, 0.3) is 0 Å². The number of benzene rings is 11. The first-order chi connectivity index (χ1) is 47.3. The number of fused-ring (bicyclic) bond motifs is 6. The van der Waals surface area contributed by atoms with E-state index >= 15 is 0 Å². The van der Waals surface area contributed by atoms with Gasteiger partial charge >= 0.3 is 0 Å². The highest BCUT2D eigenvalue weighted by atomic mass is 15.0. The highest BCUT2D eigenvalue weighted by molar-refractivity contribution is 6.15. The Hall–Kier alpha value is -16.1. The Kier molecular flexibility index (Phi) is 14.8. The quantitative estimate of drug-likeness (QED) is 0.136. The maximum atomic E-state index is 10.6. The van der Waals surface area contributed by atoms with Crippen LogP contribution in [0.2, 0.25) is 0 Å².